The van der Waals surface area contributed by atoms with E-state index in [2.05, 4.69) is 13.2 Å². The van der Waals surface area contributed by atoms with Gasteiger partial charge < -0.3 is 4.74 Å². The lowest BCUT2D eigenvalue weighted by molar-refractivity contribution is 0.0229. The third-order valence-corrected chi connectivity index (χ3v) is 4.45. The molecular weight excluding hydrogens is 260 g/mol. The summed E-state index contributed by atoms with van der Waals surface area (Å²) in [6.07, 6.45) is 1.85. The number of carbonyl (C=O) groups excluding carboxylic acids is 1. The maximum atomic E-state index is 12.1. The van der Waals surface area contributed by atoms with E-state index in [1.54, 1.807) is 24.3 Å². The fourth-order valence-electron chi connectivity index (χ4n) is 3.07. The van der Waals surface area contributed by atoms with E-state index in [0.29, 0.717) is 16.5 Å². The van der Waals surface area contributed by atoms with E-state index in [1.807, 2.05) is 0 Å². The van der Waals surface area contributed by atoms with Crippen molar-refractivity contribution >= 4 is 17.6 Å². The van der Waals surface area contributed by atoms with Gasteiger partial charge in [-0.15, -0.1) is 0 Å². The predicted octanol–water partition coefficient (Wildman–Crippen LogP) is 4.02. The van der Waals surface area contributed by atoms with Gasteiger partial charge in [0, 0.05) is 10.9 Å². The first-order valence-electron chi connectivity index (χ1n) is 6.41. The molecule has 2 nitrogen and oxygen atoms in total. The smallest absolute Gasteiger partial charge is 0.338 e. The van der Waals surface area contributed by atoms with Crippen molar-refractivity contribution < 1.29 is 9.53 Å². The maximum Gasteiger partial charge on any atom is 0.338 e. The van der Waals surface area contributed by atoms with Gasteiger partial charge in [-0.3, -0.25) is 0 Å². The van der Waals surface area contributed by atoms with Crippen LogP contribution < -0.4 is 0 Å². The molecule has 2 fully saturated rings. The minimum absolute atomic E-state index is 0.0498. The van der Waals surface area contributed by atoms with E-state index in [-0.39, 0.29) is 18.0 Å². The summed E-state index contributed by atoms with van der Waals surface area (Å²) in [5, 5.41) is 0.612. The maximum absolute atomic E-state index is 12.1. The molecule has 0 amide bonds. The van der Waals surface area contributed by atoms with Gasteiger partial charge in [0.15, 0.2) is 0 Å². The lowest BCUT2D eigenvalue weighted by atomic mass is 9.90. The number of allylic oxidation sites excluding steroid dienone is 1. The first-order chi connectivity index (χ1) is 9.06. The quantitative estimate of drug-likeness (QED) is 0.762. The van der Waals surface area contributed by atoms with Gasteiger partial charge in [-0.1, -0.05) is 24.8 Å². The zero-order valence-corrected chi connectivity index (χ0v) is 11.3. The number of rotatable bonds is 2. The summed E-state index contributed by atoms with van der Waals surface area (Å²) < 4.78 is 5.61. The summed E-state index contributed by atoms with van der Waals surface area (Å²) in [6.45, 7) is 8.10. The van der Waals surface area contributed by atoms with Gasteiger partial charge >= 0.3 is 5.97 Å². The fraction of sp³-hybridized carbons (Fsp3) is 0.312. The Balaban J connectivity index is 1.70. The molecule has 98 valence electrons. The van der Waals surface area contributed by atoms with E-state index in [1.165, 1.54) is 0 Å². The Bertz CT molecular complexity index is 559. The summed E-state index contributed by atoms with van der Waals surface area (Å²) in [4.78, 5) is 12.1. The molecule has 0 radical (unpaired) electrons. The molecule has 0 heterocycles. The summed E-state index contributed by atoms with van der Waals surface area (Å²) in [5.74, 6) is 0.418. The van der Waals surface area contributed by atoms with E-state index in [0.717, 1.165) is 24.0 Å². The molecule has 0 N–H and O–H groups in total. The molecule has 1 aromatic carbocycles. The molecule has 2 bridgehead atoms. The van der Waals surface area contributed by atoms with Crippen LogP contribution in [0.25, 0.3) is 0 Å². The molecule has 0 unspecified atom stereocenters. The molecule has 2 aliphatic rings. The van der Waals surface area contributed by atoms with Gasteiger partial charge in [0.25, 0.3) is 0 Å². The Hall–Kier alpha value is -1.54. The van der Waals surface area contributed by atoms with E-state index in [4.69, 9.17) is 16.3 Å². The second-order valence-corrected chi connectivity index (χ2v) is 5.71. The number of benzene rings is 1. The summed E-state index contributed by atoms with van der Waals surface area (Å²) in [5.41, 5.74) is 2.74. The Kier molecular flexibility index (Phi) is 2.98. The van der Waals surface area contributed by atoms with Gasteiger partial charge in [-0.05, 0) is 54.2 Å². The Labute approximate surface area is 117 Å². The summed E-state index contributed by atoms with van der Waals surface area (Å²) in [6, 6.07) is 6.76. The monoisotopic (exact) mass is 274 g/mol. The second-order valence-electron chi connectivity index (χ2n) is 5.28. The van der Waals surface area contributed by atoms with Crippen LogP contribution in [0.3, 0.4) is 0 Å². The normalized spacial score (nSPS) is 28.8. The van der Waals surface area contributed by atoms with Crippen molar-refractivity contribution in [1.82, 2.24) is 0 Å². The van der Waals surface area contributed by atoms with Crippen LogP contribution >= 0.6 is 11.6 Å². The molecule has 3 heteroatoms. The summed E-state index contributed by atoms with van der Waals surface area (Å²) >= 11 is 5.80. The van der Waals surface area contributed by atoms with Crippen molar-refractivity contribution in [3.05, 3.63) is 59.2 Å². The molecule has 0 spiro atoms. The highest BCUT2D eigenvalue weighted by molar-refractivity contribution is 6.30. The topological polar surface area (TPSA) is 26.3 Å². The van der Waals surface area contributed by atoms with Crippen LogP contribution in [0.5, 0.6) is 0 Å². The van der Waals surface area contributed by atoms with Gasteiger partial charge in [-0.2, -0.15) is 0 Å². The lowest BCUT2D eigenvalue weighted by Gasteiger charge is -2.25. The van der Waals surface area contributed by atoms with E-state index >= 15 is 0 Å². The van der Waals surface area contributed by atoms with E-state index < -0.39 is 0 Å². The summed E-state index contributed by atoms with van der Waals surface area (Å²) in [7, 11) is 0. The number of esters is 1. The van der Waals surface area contributed by atoms with Crippen molar-refractivity contribution in [2.24, 2.45) is 11.8 Å². The van der Waals surface area contributed by atoms with Crippen LogP contribution in [-0.4, -0.2) is 12.1 Å². The number of carbonyl (C=O) groups is 1. The van der Waals surface area contributed by atoms with Gasteiger partial charge in [-0.25, -0.2) is 4.79 Å². The highest BCUT2D eigenvalue weighted by atomic mass is 35.5. The highest BCUT2D eigenvalue weighted by Gasteiger charge is 2.46. The third kappa shape index (κ3) is 2.10. The van der Waals surface area contributed by atoms with Crippen LogP contribution in [0, 0.1) is 11.8 Å². The number of halogens is 1. The average Bonchev–Trinajstić information content (AvgIpc) is 2.91. The van der Waals surface area contributed by atoms with Crippen LogP contribution in [0.15, 0.2) is 48.6 Å². The lowest BCUT2D eigenvalue weighted by Crippen LogP contribution is -2.25. The molecule has 2 aliphatic carbocycles. The first kappa shape index (κ1) is 12.5. The minimum Gasteiger partial charge on any atom is -0.458 e. The molecule has 3 atom stereocenters. The molecule has 0 aliphatic heterocycles. The SMILES string of the molecule is C=C1C(=C)[C@@H]2C[C@H]1C[C@@H]2OC(=O)c1ccc(Cl)cc1. The number of hydrogen-bond acceptors (Lipinski definition) is 2. The zero-order chi connectivity index (χ0) is 13.6. The van der Waals surface area contributed by atoms with Crippen LogP contribution in [0.1, 0.15) is 23.2 Å². The average molecular weight is 275 g/mol. The molecule has 2 saturated carbocycles. The zero-order valence-electron chi connectivity index (χ0n) is 10.6. The Morgan fingerprint density at radius 3 is 2.42 bits per heavy atom. The Morgan fingerprint density at radius 2 is 1.84 bits per heavy atom. The second kappa shape index (κ2) is 4.53. The van der Waals surface area contributed by atoms with Crippen molar-refractivity contribution in [1.29, 1.82) is 0 Å². The van der Waals surface area contributed by atoms with Crippen molar-refractivity contribution in [2.45, 2.75) is 18.9 Å². The van der Waals surface area contributed by atoms with Gasteiger partial charge in [0.2, 0.25) is 0 Å². The molecule has 3 rings (SSSR count). The molecular formula is C16H15ClO2. The van der Waals surface area contributed by atoms with Crippen molar-refractivity contribution in [2.75, 3.05) is 0 Å². The number of ether oxygens (including phenoxy) is 1. The number of fused-ring (bicyclic) bond motifs is 2. The van der Waals surface area contributed by atoms with Crippen molar-refractivity contribution in [3.8, 4) is 0 Å². The predicted molar refractivity (Wildman–Crippen MR) is 75.1 cm³/mol. The molecule has 1 aromatic rings. The standard InChI is InChI=1S/C16H15ClO2/c1-9-10(2)14-7-12(9)8-15(14)19-16(18)11-3-5-13(17)6-4-11/h3-6,12,14-15H,1-2,7-8H2/t12-,14-,15-/m0/s1. The highest BCUT2D eigenvalue weighted by Crippen LogP contribution is 2.51. The van der Waals surface area contributed by atoms with Crippen molar-refractivity contribution in [3.63, 3.8) is 0 Å². The molecule has 0 aromatic heterocycles. The van der Waals surface area contributed by atoms with Crippen LogP contribution in [0.2, 0.25) is 5.02 Å². The van der Waals surface area contributed by atoms with Crippen LogP contribution in [0.4, 0.5) is 0 Å². The fourth-order valence-corrected chi connectivity index (χ4v) is 3.20. The number of hydrogen-bond donors (Lipinski definition) is 0. The van der Waals surface area contributed by atoms with E-state index in [9.17, 15) is 4.79 Å². The Morgan fingerprint density at radius 1 is 1.16 bits per heavy atom. The van der Waals surface area contributed by atoms with Gasteiger partial charge in [0.05, 0.1) is 5.56 Å². The van der Waals surface area contributed by atoms with Gasteiger partial charge in [0.1, 0.15) is 6.10 Å². The molecule has 0 saturated heterocycles. The largest absolute Gasteiger partial charge is 0.458 e. The van der Waals surface area contributed by atoms with Crippen LogP contribution in [-0.2, 0) is 4.74 Å². The first-order valence-corrected chi connectivity index (χ1v) is 6.78. The third-order valence-electron chi connectivity index (χ3n) is 4.20. The molecule has 19 heavy (non-hydrogen) atoms. The minimum atomic E-state index is -0.285.